The number of rotatable bonds is 7. The molecule has 1 aliphatic carbocycles. The standard InChI is InChI=1S/C31H32N2O2/c1-3-35-30-12-8-7-11-25(30)21-32-31(34)24-14-16-27(17-15-24)33-28-18-13-22(2)19-26(28)20-29(33)23-9-5-4-6-10-23/h4-12,14-17,20,22H,3,13,18-19,21H2,1-2H3,(H,32,34)/t22-/m1/s1. The van der Waals surface area contributed by atoms with Gasteiger partial charge < -0.3 is 14.6 Å². The molecule has 4 heteroatoms. The van der Waals surface area contributed by atoms with E-state index in [4.69, 9.17) is 4.74 Å². The molecule has 0 saturated carbocycles. The second-order valence-corrected chi connectivity index (χ2v) is 9.32. The predicted molar refractivity (Wildman–Crippen MR) is 141 cm³/mol. The van der Waals surface area contributed by atoms with Crippen LogP contribution in [-0.2, 0) is 19.4 Å². The Labute approximate surface area is 207 Å². The number of carbonyl (C=O) groups excluding carboxylic acids is 1. The number of nitrogens with one attached hydrogen (secondary N) is 1. The summed E-state index contributed by atoms with van der Waals surface area (Å²) in [6.45, 7) is 5.32. The fourth-order valence-corrected chi connectivity index (χ4v) is 5.01. The topological polar surface area (TPSA) is 43.3 Å². The number of nitrogens with zero attached hydrogens (tertiary/aromatic N) is 1. The molecule has 0 bridgehead atoms. The molecule has 5 rings (SSSR count). The van der Waals surface area contributed by atoms with Crippen LogP contribution >= 0.6 is 0 Å². The highest BCUT2D eigenvalue weighted by molar-refractivity contribution is 5.94. The van der Waals surface area contributed by atoms with E-state index in [-0.39, 0.29) is 5.91 Å². The first kappa shape index (κ1) is 23.0. The van der Waals surface area contributed by atoms with E-state index >= 15 is 0 Å². The lowest BCUT2D eigenvalue weighted by Gasteiger charge is -2.21. The number of aromatic nitrogens is 1. The van der Waals surface area contributed by atoms with Gasteiger partial charge in [-0.15, -0.1) is 0 Å². The summed E-state index contributed by atoms with van der Waals surface area (Å²) < 4.78 is 8.06. The Morgan fingerprint density at radius 1 is 1.00 bits per heavy atom. The van der Waals surface area contributed by atoms with Crippen LogP contribution in [0.3, 0.4) is 0 Å². The first-order valence-electron chi connectivity index (χ1n) is 12.5. The zero-order valence-corrected chi connectivity index (χ0v) is 20.5. The van der Waals surface area contributed by atoms with Crippen LogP contribution in [0.15, 0.2) is 84.9 Å². The van der Waals surface area contributed by atoms with Crippen LogP contribution in [0.2, 0.25) is 0 Å². The Morgan fingerprint density at radius 2 is 1.74 bits per heavy atom. The highest BCUT2D eigenvalue weighted by Crippen LogP contribution is 2.35. The van der Waals surface area contributed by atoms with Crippen molar-refractivity contribution < 1.29 is 9.53 Å². The van der Waals surface area contributed by atoms with Gasteiger partial charge in [0.25, 0.3) is 5.91 Å². The van der Waals surface area contributed by atoms with E-state index in [1.165, 1.54) is 28.9 Å². The summed E-state index contributed by atoms with van der Waals surface area (Å²) in [5, 5.41) is 3.03. The van der Waals surface area contributed by atoms with Gasteiger partial charge in [-0.1, -0.05) is 55.5 Å². The van der Waals surface area contributed by atoms with E-state index < -0.39 is 0 Å². The van der Waals surface area contributed by atoms with Crippen molar-refractivity contribution in [3.05, 3.63) is 107 Å². The Morgan fingerprint density at radius 3 is 2.51 bits per heavy atom. The molecule has 0 radical (unpaired) electrons. The molecular weight excluding hydrogens is 432 g/mol. The van der Waals surface area contributed by atoms with E-state index in [0.29, 0.717) is 24.6 Å². The maximum absolute atomic E-state index is 12.9. The third-order valence-corrected chi connectivity index (χ3v) is 6.80. The van der Waals surface area contributed by atoms with Gasteiger partial charge in [0.2, 0.25) is 0 Å². The average molecular weight is 465 g/mol. The summed E-state index contributed by atoms with van der Waals surface area (Å²) in [5.41, 5.74) is 7.99. The van der Waals surface area contributed by atoms with Gasteiger partial charge in [-0.3, -0.25) is 4.79 Å². The van der Waals surface area contributed by atoms with Crippen LogP contribution in [0.25, 0.3) is 16.9 Å². The van der Waals surface area contributed by atoms with Crippen molar-refractivity contribution in [2.45, 2.75) is 39.7 Å². The normalized spacial score (nSPS) is 14.9. The summed E-state index contributed by atoms with van der Waals surface area (Å²) in [5.74, 6) is 1.43. The second-order valence-electron chi connectivity index (χ2n) is 9.32. The molecule has 178 valence electrons. The molecule has 4 aromatic rings. The van der Waals surface area contributed by atoms with Crippen molar-refractivity contribution >= 4 is 5.91 Å². The molecule has 1 heterocycles. The highest BCUT2D eigenvalue weighted by atomic mass is 16.5. The third-order valence-electron chi connectivity index (χ3n) is 6.80. The smallest absolute Gasteiger partial charge is 0.251 e. The van der Waals surface area contributed by atoms with Crippen LogP contribution in [0.5, 0.6) is 5.75 Å². The molecule has 0 fully saturated rings. The minimum absolute atomic E-state index is 0.0884. The van der Waals surface area contributed by atoms with Gasteiger partial charge in [0, 0.05) is 29.1 Å². The quantitative estimate of drug-likeness (QED) is 0.335. The fraction of sp³-hybridized carbons (Fsp3) is 0.258. The number of amides is 1. The fourth-order valence-electron chi connectivity index (χ4n) is 5.01. The molecule has 0 unspecified atom stereocenters. The lowest BCUT2D eigenvalue weighted by molar-refractivity contribution is 0.0950. The molecule has 1 amide bonds. The number of benzene rings is 3. The van der Waals surface area contributed by atoms with Crippen molar-refractivity contribution in [2.24, 2.45) is 5.92 Å². The average Bonchev–Trinajstić information content (AvgIpc) is 3.27. The number of carbonyl (C=O) groups is 1. The van der Waals surface area contributed by atoms with Gasteiger partial charge in [-0.05, 0) is 79.6 Å². The maximum Gasteiger partial charge on any atom is 0.251 e. The third kappa shape index (κ3) is 4.88. The lowest BCUT2D eigenvalue weighted by atomic mass is 9.89. The Balaban J connectivity index is 1.40. The van der Waals surface area contributed by atoms with Crippen molar-refractivity contribution in [2.75, 3.05) is 6.61 Å². The van der Waals surface area contributed by atoms with Gasteiger partial charge in [-0.25, -0.2) is 0 Å². The highest BCUT2D eigenvalue weighted by Gasteiger charge is 2.23. The van der Waals surface area contributed by atoms with Gasteiger partial charge in [-0.2, -0.15) is 0 Å². The lowest BCUT2D eigenvalue weighted by Crippen LogP contribution is -2.23. The first-order valence-corrected chi connectivity index (χ1v) is 12.5. The maximum atomic E-state index is 12.9. The van der Waals surface area contributed by atoms with E-state index in [2.05, 4.69) is 65.3 Å². The summed E-state index contributed by atoms with van der Waals surface area (Å²) >= 11 is 0. The predicted octanol–water partition coefficient (Wildman–Crippen LogP) is 6.60. The molecule has 0 saturated heterocycles. The van der Waals surface area contributed by atoms with Crippen LogP contribution < -0.4 is 10.1 Å². The van der Waals surface area contributed by atoms with E-state index in [0.717, 1.165) is 29.8 Å². The van der Waals surface area contributed by atoms with E-state index in [1.807, 2.05) is 43.3 Å². The summed E-state index contributed by atoms with van der Waals surface area (Å²) in [4.78, 5) is 12.9. The zero-order valence-electron chi connectivity index (χ0n) is 20.5. The second kappa shape index (κ2) is 10.2. The molecule has 4 nitrogen and oxygen atoms in total. The molecule has 1 aliphatic rings. The number of ether oxygens (including phenoxy) is 1. The van der Waals surface area contributed by atoms with Crippen molar-refractivity contribution in [1.82, 2.24) is 9.88 Å². The first-order chi connectivity index (χ1) is 17.1. The molecule has 1 N–H and O–H groups in total. The number of hydrogen-bond acceptors (Lipinski definition) is 2. The van der Waals surface area contributed by atoms with Gasteiger partial charge in [0.05, 0.1) is 12.3 Å². The van der Waals surface area contributed by atoms with Gasteiger partial charge >= 0.3 is 0 Å². The molecule has 1 aromatic heterocycles. The number of hydrogen-bond donors (Lipinski definition) is 1. The summed E-state index contributed by atoms with van der Waals surface area (Å²) in [7, 11) is 0. The number of fused-ring (bicyclic) bond motifs is 1. The largest absolute Gasteiger partial charge is 0.494 e. The van der Waals surface area contributed by atoms with Crippen LogP contribution in [-0.4, -0.2) is 17.1 Å². The van der Waals surface area contributed by atoms with Crippen LogP contribution in [0.4, 0.5) is 0 Å². The van der Waals surface area contributed by atoms with Crippen LogP contribution in [0.1, 0.15) is 47.4 Å². The molecule has 3 aromatic carbocycles. The molecule has 1 atom stereocenters. The molecular formula is C31H32N2O2. The van der Waals surface area contributed by atoms with E-state index in [1.54, 1.807) is 0 Å². The SMILES string of the molecule is CCOc1ccccc1CNC(=O)c1ccc(-n2c(-c3ccccc3)cc3c2CC[C@@H](C)C3)cc1. The number of para-hydroxylation sites is 1. The van der Waals surface area contributed by atoms with Crippen molar-refractivity contribution in [3.63, 3.8) is 0 Å². The summed E-state index contributed by atoms with van der Waals surface area (Å²) in [6, 6.07) is 28.7. The zero-order chi connectivity index (χ0) is 24.2. The Kier molecular flexibility index (Phi) is 6.71. The van der Waals surface area contributed by atoms with Crippen molar-refractivity contribution in [3.8, 4) is 22.7 Å². The van der Waals surface area contributed by atoms with Crippen LogP contribution in [0, 0.1) is 5.92 Å². The van der Waals surface area contributed by atoms with E-state index in [9.17, 15) is 4.79 Å². The molecule has 35 heavy (non-hydrogen) atoms. The Hall–Kier alpha value is -3.79. The Bertz CT molecular complexity index is 1310. The molecule has 0 aliphatic heterocycles. The van der Waals surface area contributed by atoms with Gasteiger partial charge in [0.1, 0.15) is 5.75 Å². The summed E-state index contributed by atoms with van der Waals surface area (Å²) in [6.07, 6.45) is 3.39. The minimum Gasteiger partial charge on any atom is -0.494 e. The van der Waals surface area contributed by atoms with Crippen molar-refractivity contribution in [1.29, 1.82) is 0 Å². The monoisotopic (exact) mass is 464 g/mol. The van der Waals surface area contributed by atoms with Gasteiger partial charge in [0.15, 0.2) is 0 Å². The molecule has 0 spiro atoms. The minimum atomic E-state index is -0.0884.